The Morgan fingerprint density at radius 1 is 1.19 bits per heavy atom. The highest BCUT2D eigenvalue weighted by molar-refractivity contribution is 7.86. The highest BCUT2D eigenvalue weighted by Gasteiger charge is 2.21. The summed E-state index contributed by atoms with van der Waals surface area (Å²) in [5, 5.41) is 1.04. The van der Waals surface area contributed by atoms with Crippen LogP contribution in [0.3, 0.4) is 0 Å². The van der Waals surface area contributed by atoms with Crippen LogP contribution >= 0.6 is 0 Å². The fourth-order valence-corrected chi connectivity index (χ4v) is 2.60. The fraction of sp³-hybridized carbons (Fsp3) is 0.308. The van der Waals surface area contributed by atoms with Gasteiger partial charge in [-0.15, -0.1) is 0 Å². The van der Waals surface area contributed by atoms with Crippen molar-refractivity contribution in [3.05, 3.63) is 36.5 Å². The average molecular weight is 233 g/mol. The Morgan fingerprint density at radius 2 is 1.88 bits per heavy atom. The van der Waals surface area contributed by atoms with Crippen LogP contribution in [0.4, 0.5) is 0 Å². The standard InChI is InChI=1S/C13H15NOS/c1-13(2,3)16(15)11-8-10-6-4-5-7-12(10)14-9-11/h4-9H,1-3H3/t16-/m1/s1. The van der Waals surface area contributed by atoms with Crippen molar-refractivity contribution in [2.75, 3.05) is 0 Å². The van der Waals surface area contributed by atoms with Crippen molar-refractivity contribution in [1.29, 1.82) is 0 Å². The van der Waals surface area contributed by atoms with E-state index in [1.165, 1.54) is 0 Å². The van der Waals surface area contributed by atoms with Gasteiger partial charge in [0.05, 0.1) is 21.2 Å². The van der Waals surface area contributed by atoms with Crippen LogP contribution in [0.2, 0.25) is 0 Å². The number of nitrogens with zero attached hydrogens (tertiary/aromatic N) is 1. The predicted molar refractivity (Wildman–Crippen MR) is 67.9 cm³/mol. The Balaban J connectivity index is 2.52. The number of rotatable bonds is 1. The molecule has 0 saturated heterocycles. The summed E-state index contributed by atoms with van der Waals surface area (Å²) in [5.41, 5.74) is 0.942. The van der Waals surface area contributed by atoms with Crippen molar-refractivity contribution in [1.82, 2.24) is 4.98 Å². The molecular weight excluding hydrogens is 218 g/mol. The quantitative estimate of drug-likeness (QED) is 0.757. The fourth-order valence-electron chi connectivity index (χ4n) is 1.51. The maximum Gasteiger partial charge on any atom is 0.0702 e. The lowest BCUT2D eigenvalue weighted by atomic mass is 10.2. The summed E-state index contributed by atoms with van der Waals surface area (Å²) in [5.74, 6) is 0. The van der Waals surface area contributed by atoms with Gasteiger partial charge < -0.3 is 0 Å². The molecule has 1 atom stereocenters. The molecule has 1 aromatic carbocycles. The van der Waals surface area contributed by atoms with Crippen LogP contribution in [0.5, 0.6) is 0 Å². The number of para-hydroxylation sites is 1. The van der Waals surface area contributed by atoms with E-state index in [1.54, 1.807) is 6.20 Å². The van der Waals surface area contributed by atoms with E-state index < -0.39 is 10.8 Å². The highest BCUT2D eigenvalue weighted by atomic mass is 32.2. The van der Waals surface area contributed by atoms with E-state index in [2.05, 4.69) is 4.98 Å². The summed E-state index contributed by atoms with van der Waals surface area (Å²) in [6, 6.07) is 9.83. The molecular formula is C13H15NOS. The van der Waals surface area contributed by atoms with Crippen LogP contribution in [0, 0.1) is 0 Å². The maximum absolute atomic E-state index is 12.2. The highest BCUT2D eigenvalue weighted by Crippen LogP contribution is 2.22. The summed E-state index contributed by atoms with van der Waals surface area (Å²) >= 11 is 0. The smallest absolute Gasteiger partial charge is 0.0702 e. The molecule has 1 aromatic heterocycles. The number of fused-ring (bicyclic) bond motifs is 1. The molecule has 16 heavy (non-hydrogen) atoms. The van der Waals surface area contributed by atoms with E-state index >= 15 is 0 Å². The van der Waals surface area contributed by atoms with E-state index in [4.69, 9.17) is 0 Å². The summed E-state index contributed by atoms with van der Waals surface area (Å²) in [6.45, 7) is 5.91. The molecule has 2 rings (SSSR count). The molecule has 0 aliphatic rings. The van der Waals surface area contributed by atoms with Gasteiger partial charge in [-0.05, 0) is 32.9 Å². The van der Waals surface area contributed by atoms with Crippen LogP contribution in [0.25, 0.3) is 10.9 Å². The van der Waals surface area contributed by atoms with Crippen LogP contribution in [-0.4, -0.2) is 13.9 Å². The van der Waals surface area contributed by atoms with Crippen molar-refractivity contribution in [3.8, 4) is 0 Å². The molecule has 2 aromatic rings. The van der Waals surface area contributed by atoms with E-state index in [0.717, 1.165) is 15.8 Å². The molecule has 2 nitrogen and oxygen atoms in total. The molecule has 0 bridgehead atoms. The zero-order valence-electron chi connectivity index (χ0n) is 9.73. The van der Waals surface area contributed by atoms with Crippen LogP contribution < -0.4 is 0 Å². The van der Waals surface area contributed by atoms with Crippen molar-refractivity contribution in [3.63, 3.8) is 0 Å². The third-order valence-electron chi connectivity index (χ3n) is 2.34. The molecule has 0 amide bonds. The Kier molecular flexibility index (Phi) is 2.80. The van der Waals surface area contributed by atoms with Gasteiger partial charge in [0.25, 0.3) is 0 Å². The molecule has 0 spiro atoms. The molecule has 84 valence electrons. The maximum atomic E-state index is 12.2. The Labute approximate surface area is 98.2 Å². The second-order valence-corrected chi connectivity index (χ2v) is 6.98. The topological polar surface area (TPSA) is 30.0 Å². The number of benzene rings is 1. The molecule has 0 radical (unpaired) electrons. The lowest BCUT2D eigenvalue weighted by Crippen LogP contribution is -2.21. The number of pyridine rings is 1. The van der Waals surface area contributed by atoms with Crippen molar-refractivity contribution < 1.29 is 4.21 Å². The minimum atomic E-state index is -1.02. The molecule has 1 heterocycles. The molecule has 0 N–H and O–H groups in total. The molecule has 0 fully saturated rings. The van der Waals surface area contributed by atoms with Gasteiger partial charge in [-0.25, -0.2) is 0 Å². The van der Waals surface area contributed by atoms with E-state index in [-0.39, 0.29) is 4.75 Å². The second-order valence-electron chi connectivity index (χ2n) is 4.74. The first-order valence-electron chi connectivity index (χ1n) is 5.25. The molecule has 3 heteroatoms. The molecule has 0 unspecified atom stereocenters. The summed E-state index contributed by atoms with van der Waals surface area (Å²) in [6.07, 6.45) is 1.71. The first kappa shape index (κ1) is 11.3. The first-order chi connectivity index (χ1) is 7.48. The second kappa shape index (κ2) is 3.98. The van der Waals surface area contributed by atoms with Gasteiger partial charge in [-0.1, -0.05) is 18.2 Å². The van der Waals surface area contributed by atoms with Gasteiger partial charge in [-0.2, -0.15) is 0 Å². The zero-order valence-corrected chi connectivity index (χ0v) is 10.5. The zero-order chi connectivity index (χ0) is 11.8. The SMILES string of the molecule is CC(C)(C)[S@](=O)c1cnc2ccccc2c1. The minimum absolute atomic E-state index is 0.246. The van der Waals surface area contributed by atoms with Gasteiger partial charge in [-0.3, -0.25) is 9.19 Å². The summed E-state index contributed by atoms with van der Waals surface area (Å²) < 4.78 is 11.9. The van der Waals surface area contributed by atoms with Gasteiger partial charge >= 0.3 is 0 Å². The Hall–Kier alpha value is -1.22. The van der Waals surface area contributed by atoms with Crippen LogP contribution in [0.1, 0.15) is 20.8 Å². The van der Waals surface area contributed by atoms with Gasteiger partial charge in [0, 0.05) is 16.3 Å². The molecule has 0 aliphatic heterocycles. The van der Waals surface area contributed by atoms with Crippen LogP contribution in [-0.2, 0) is 10.8 Å². The lowest BCUT2D eigenvalue weighted by Gasteiger charge is -2.17. The van der Waals surface area contributed by atoms with Crippen LogP contribution in [0.15, 0.2) is 41.4 Å². The van der Waals surface area contributed by atoms with Gasteiger partial charge in [0.15, 0.2) is 0 Å². The van der Waals surface area contributed by atoms with E-state index in [0.29, 0.717) is 0 Å². The van der Waals surface area contributed by atoms with Crippen molar-refractivity contribution >= 4 is 21.7 Å². The minimum Gasteiger partial charge on any atom is -0.255 e. The average Bonchev–Trinajstić information content (AvgIpc) is 2.26. The summed E-state index contributed by atoms with van der Waals surface area (Å²) in [7, 11) is -1.02. The number of aromatic nitrogens is 1. The molecule has 0 aliphatic carbocycles. The lowest BCUT2D eigenvalue weighted by molar-refractivity contribution is 0.648. The number of hydrogen-bond donors (Lipinski definition) is 0. The van der Waals surface area contributed by atoms with Gasteiger partial charge in [0.2, 0.25) is 0 Å². The third kappa shape index (κ3) is 2.14. The Bertz CT molecular complexity index is 543. The van der Waals surface area contributed by atoms with Crippen molar-refractivity contribution in [2.24, 2.45) is 0 Å². The number of hydrogen-bond acceptors (Lipinski definition) is 2. The molecule has 0 saturated carbocycles. The third-order valence-corrected chi connectivity index (χ3v) is 4.10. The van der Waals surface area contributed by atoms with Crippen molar-refractivity contribution in [2.45, 2.75) is 30.4 Å². The normalized spacial score (nSPS) is 13.9. The first-order valence-corrected chi connectivity index (χ1v) is 6.40. The largest absolute Gasteiger partial charge is 0.255 e. The summed E-state index contributed by atoms with van der Waals surface area (Å²) in [4.78, 5) is 5.12. The monoisotopic (exact) mass is 233 g/mol. The predicted octanol–water partition coefficient (Wildman–Crippen LogP) is 3.14. The Morgan fingerprint density at radius 3 is 2.56 bits per heavy atom. The van der Waals surface area contributed by atoms with Gasteiger partial charge in [0.1, 0.15) is 0 Å². The van der Waals surface area contributed by atoms with E-state index in [1.807, 2.05) is 51.1 Å². The van der Waals surface area contributed by atoms with E-state index in [9.17, 15) is 4.21 Å².